The molecule has 1 atom stereocenters. The Kier molecular flexibility index (Phi) is 7.96. The summed E-state index contributed by atoms with van der Waals surface area (Å²) in [5, 5.41) is 1.80. The van der Waals surface area contributed by atoms with Crippen LogP contribution in [-0.2, 0) is 10.0 Å². The van der Waals surface area contributed by atoms with E-state index in [1.54, 1.807) is 21.8 Å². The summed E-state index contributed by atoms with van der Waals surface area (Å²) in [6, 6.07) is 3.44. The summed E-state index contributed by atoms with van der Waals surface area (Å²) < 4.78 is 27.1. The van der Waals surface area contributed by atoms with E-state index in [2.05, 4.69) is 9.89 Å². The van der Waals surface area contributed by atoms with Crippen molar-refractivity contribution in [3.8, 4) is 0 Å². The molecule has 2 aliphatic heterocycles. The van der Waals surface area contributed by atoms with Crippen LogP contribution in [0.2, 0.25) is 0 Å². The van der Waals surface area contributed by atoms with Crippen molar-refractivity contribution >= 4 is 51.3 Å². The van der Waals surface area contributed by atoms with Gasteiger partial charge in [-0.25, -0.2) is 8.42 Å². The summed E-state index contributed by atoms with van der Waals surface area (Å²) in [5.41, 5.74) is 6.14. The van der Waals surface area contributed by atoms with E-state index in [0.717, 1.165) is 19.5 Å². The van der Waals surface area contributed by atoms with Crippen LogP contribution in [0.1, 0.15) is 32.1 Å². The highest BCUT2D eigenvalue weighted by Crippen LogP contribution is 2.27. The molecule has 0 amide bonds. The highest BCUT2D eigenvalue weighted by Gasteiger charge is 2.33. The number of nitrogens with zero attached hydrogens (tertiary/aromatic N) is 3. The van der Waals surface area contributed by atoms with E-state index in [0.29, 0.717) is 29.8 Å². The van der Waals surface area contributed by atoms with Crippen LogP contribution < -0.4 is 5.73 Å². The fourth-order valence-corrected chi connectivity index (χ4v) is 6.00. The van der Waals surface area contributed by atoms with Crippen molar-refractivity contribution in [3.05, 3.63) is 17.5 Å². The Morgan fingerprint density at radius 1 is 1.24 bits per heavy atom. The molecule has 0 aromatic carbocycles. The minimum absolute atomic E-state index is 0. The number of thiophene rings is 1. The molecule has 2 saturated heterocycles. The van der Waals surface area contributed by atoms with Gasteiger partial charge in [0.15, 0.2) is 5.96 Å². The van der Waals surface area contributed by atoms with E-state index < -0.39 is 10.0 Å². The van der Waals surface area contributed by atoms with E-state index in [4.69, 9.17) is 5.73 Å². The van der Waals surface area contributed by atoms with Gasteiger partial charge < -0.3 is 10.6 Å². The van der Waals surface area contributed by atoms with Crippen LogP contribution in [0.5, 0.6) is 0 Å². The van der Waals surface area contributed by atoms with Gasteiger partial charge in [0, 0.05) is 32.7 Å². The minimum atomic E-state index is -3.33. The molecule has 0 saturated carbocycles. The highest BCUT2D eigenvalue weighted by molar-refractivity contribution is 14.0. The topological polar surface area (TPSA) is 79.0 Å². The molecule has 0 bridgehead atoms. The van der Waals surface area contributed by atoms with E-state index in [9.17, 15) is 8.42 Å². The average Bonchev–Trinajstić information content (AvgIpc) is 3.20. The van der Waals surface area contributed by atoms with Gasteiger partial charge >= 0.3 is 0 Å². The Balaban J connectivity index is 0.00000225. The lowest BCUT2D eigenvalue weighted by Crippen LogP contribution is -2.38. The Bertz CT molecular complexity index is 656. The van der Waals surface area contributed by atoms with Crippen LogP contribution in [0.25, 0.3) is 0 Å². The highest BCUT2D eigenvalue weighted by atomic mass is 127. The maximum Gasteiger partial charge on any atom is 0.252 e. The zero-order chi connectivity index (χ0) is 17.0. The van der Waals surface area contributed by atoms with Crippen LogP contribution in [0, 0.1) is 5.92 Å². The molecule has 1 aromatic rings. The summed E-state index contributed by atoms with van der Waals surface area (Å²) in [7, 11) is -3.33. The first-order valence-electron chi connectivity index (χ1n) is 8.66. The number of likely N-dealkylation sites (tertiary alicyclic amines) is 1. The number of hydrogen-bond donors (Lipinski definition) is 1. The number of hydrogen-bond acceptors (Lipinski definition) is 4. The predicted octanol–water partition coefficient (Wildman–Crippen LogP) is 2.57. The van der Waals surface area contributed by atoms with Gasteiger partial charge in [0.25, 0.3) is 10.0 Å². The molecular formula is C16H27IN4O2S2. The van der Waals surface area contributed by atoms with Crippen molar-refractivity contribution in [2.75, 3.05) is 32.7 Å². The predicted molar refractivity (Wildman–Crippen MR) is 113 cm³/mol. The Morgan fingerprint density at radius 2 is 1.96 bits per heavy atom. The van der Waals surface area contributed by atoms with Crippen LogP contribution in [0.3, 0.4) is 0 Å². The quantitative estimate of drug-likeness (QED) is 0.393. The van der Waals surface area contributed by atoms with Gasteiger partial charge in [-0.2, -0.15) is 4.31 Å². The number of aliphatic imine (C=N–C) groups is 1. The van der Waals surface area contributed by atoms with Crippen molar-refractivity contribution in [2.45, 2.75) is 36.3 Å². The zero-order valence-electron chi connectivity index (χ0n) is 14.3. The first kappa shape index (κ1) is 20.9. The standard InChI is InChI=1S/C16H26N4O2S2.HI/c17-16(19-8-3-1-2-4-9-19)18-12-14-7-10-20(13-14)24(21,22)15-6-5-11-23-15;/h5-6,11,14H,1-4,7-10,12-13H2,(H2,17,18);1H. The van der Waals surface area contributed by atoms with Gasteiger partial charge in [-0.3, -0.25) is 4.99 Å². The smallest absolute Gasteiger partial charge is 0.252 e. The summed E-state index contributed by atoms with van der Waals surface area (Å²) >= 11 is 1.27. The van der Waals surface area contributed by atoms with E-state index >= 15 is 0 Å². The van der Waals surface area contributed by atoms with Gasteiger partial charge in [-0.1, -0.05) is 18.9 Å². The Labute approximate surface area is 171 Å². The van der Waals surface area contributed by atoms with Gasteiger partial charge in [0.05, 0.1) is 0 Å². The molecule has 2 fully saturated rings. The number of halogens is 1. The second kappa shape index (κ2) is 9.52. The molecule has 2 N–H and O–H groups in total. The number of sulfonamides is 1. The minimum Gasteiger partial charge on any atom is -0.370 e. The van der Waals surface area contributed by atoms with Crippen LogP contribution in [0.15, 0.2) is 26.7 Å². The van der Waals surface area contributed by atoms with Crippen molar-refractivity contribution < 1.29 is 8.42 Å². The van der Waals surface area contributed by atoms with E-state index in [1.165, 1.54) is 37.0 Å². The molecule has 9 heteroatoms. The fourth-order valence-electron chi connectivity index (χ4n) is 3.32. The third-order valence-corrected chi connectivity index (χ3v) is 8.02. The van der Waals surface area contributed by atoms with Gasteiger partial charge in [0.1, 0.15) is 4.21 Å². The molecule has 1 unspecified atom stereocenters. The molecule has 3 heterocycles. The second-order valence-corrected chi connectivity index (χ2v) is 9.66. The monoisotopic (exact) mass is 498 g/mol. The molecule has 0 aliphatic carbocycles. The summed E-state index contributed by atoms with van der Waals surface area (Å²) in [5.74, 6) is 0.877. The van der Waals surface area contributed by atoms with Gasteiger partial charge in [-0.15, -0.1) is 35.3 Å². The Morgan fingerprint density at radius 3 is 2.60 bits per heavy atom. The van der Waals surface area contributed by atoms with Crippen molar-refractivity contribution in [1.82, 2.24) is 9.21 Å². The molecule has 3 rings (SSSR count). The molecule has 2 aliphatic rings. The average molecular weight is 498 g/mol. The number of guanidine groups is 1. The van der Waals surface area contributed by atoms with Crippen LogP contribution >= 0.6 is 35.3 Å². The van der Waals surface area contributed by atoms with E-state index in [1.807, 2.05) is 0 Å². The van der Waals surface area contributed by atoms with Crippen molar-refractivity contribution in [2.24, 2.45) is 16.6 Å². The SMILES string of the molecule is I.NC(=NCC1CCN(S(=O)(=O)c2cccs2)C1)N1CCCCCC1. The zero-order valence-corrected chi connectivity index (χ0v) is 18.3. The maximum atomic E-state index is 12.5. The molecule has 0 spiro atoms. The number of nitrogens with two attached hydrogens (primary N) is 1. The Hall–Kier alpha value is -0.390. The molecule has 0 radical (unpaired) electrons. The molecule has 25 heavy (non-hydrogen) atoms. The van der Waals surface area contributed by atoms with Gasteiger partial charge in [0.2, 0.25) is 0 Å². The summed E-state index contributed by atoms with van der Waals surface area (Å²) in [6.45, 7) is 3.69. The lowest BCUT2D eigenvalue weighted by molar-refractivity contribution is 0.424. The molecular weight excluding hydrogens is 471 g/mol. The van der Waals surface area contributed by atoms with Crippen molar-refractivity contribution in [1.29, 1.82) is 0 Å². The third-order valence-electron chi connectivity index (χ3n) is 4.78. The van der Waals surface area contributed by atoms with Gasteiger partial charge in [-0.05, 0) is 36.6 Å². The maximum absolute atomic E-state index is 12.5. The first-order chi connectivity index (χ1) is 11.6. The lowest BCUT2D eigenvalue weighted by atomic mass is 10.1. The normalized spacial score (nSPS) is 23.3. The summed E-state index contributed by atoms with van der Waals surface area (Å²) in [6.07, 6.45) is 5.73. The van der Waals surface area contributed by atoms with E-state index in [-0.39, 0.29) is 29.9 Å². The largest absolute Gasteiger partial charge is 0.370 e. The van der Waals surface area contributed by atoms with Crippen LogP contribution in [0.4, 0.5) is 0 Å². The molecule has 142 valence electrons. The first-order valence-corrected chi connectivity index (χ1v) is 11.0. The van der Waals surface area contributed by atoms with Crippen molar-refractivity contribution in [3.63, 3.8) is 0 Å². The second-order valence-electron chi connectivity index (χ2n) is 6.55. The molecule has 1 aromatic heterocycles. The summed E-state index contributed by atoms with van der Waals surface area (Å²) in [4.78, 5) is 6.72. The number of rotatable bonds is 4. The third kappa shape index (κ3) is 5.30. The van der Waals surface area contributed by atoms with Crippen LogP contribution in [-0.4, -0.2) is 56.3 Å². The fraction of sp³-hybridized carbons (Fsp3) is 0.688. The lowest BCUT2D eigenvalue weighted by Gasteiger charge is -2.21. The molecule has 6 nitrogen and oxygen atoms in total.